The Morgan fingerprint density at radius 1 is 1.08 bits per heavy atom. The molecule has 2 rings (SSSR count). The highest BCUT2D eigenvalue weighted by atomic mass is 15.2. The van der Waals surface area contributed by atoms with Gasteiger partial charge in [-0.1, -0.05) is 0 Å². The molecule has 0 spiro atoms. The molecule has 0 aromatic heterocycles. The van der Waals surface area contributed by atoms with E-state index in [-0.39, 0.29) is 0 Å². The maximum Gasteiger partial charge on any atom is 0.0110 e. The van der Waals surface area contributed by atoms with Gasteiger partial charge in [0, 0.05) is 32.2 Å². The van der Waals surface area contributed by atoms with Crippen LogP contribution in [0.1, 0.15) is 25.7 Å². The van der Waals surface area contributed by atoms with Crippen molar-refractivity contribution in [3.63, 3.8) is 0 Å². The highest BCUT2D eigenvalue weighted by Crippen LogP contribution is 2.21. The molecule has 1 radical (unpaired) electrons. The maximum atomic E-state index is 3.40. The summed E-state index contributed by atoms with van der Waals surface area (Å²) >= 11 is 0. The molecule has 1 saturated heterocycles. The van der Waals surface area contributed by atoms with Crippen LogP contribution < -0.4 is 5.32 Å². The Morgan fingerprint density at radius 3 is 2.42 bits per heavy atom. The number of nitrogens with one attached hydrogen (secondary N) is 1. The zero-order chi connectivity index (χ0) is 8.23. The second-order valence-corrected chi connectivity index (χ2v) is 3.88. The minimum Gasteiger partial charge on any atom is -0.314 e. The smallest absolute Gasteiger partial charge is 0.0110 e. The van der Waals surface area contributed by atoms with Crippen molar-refractivity contribution in [2.24, 2.45) is 0 Å². The molecule has 2 heteroatoms. The standard InChI is InChI=1S/C10H19N2/c1-2-4-10(5-3-1)12-8-6-11-7-9-12/h1,10-11H,2-9H2. The van der Waals surface area contributed by atoms with Crippen LogP contribution in [0, 0.1) is 6.42 Å². The van der Waals surface area contributed by atoms with Gasteiger partial charge in [-0.2, -0.15) is 0 Å². The summed E-state index contributed by atoms with van der Waals surface area (Å²) in [4.78, 5) is 2.67. The van der Waals surface area contributed by atoms with Crippen molar-refractivity contribution >= 4 is 0 Å². The van der Waals surface area contributed by atoms with Gasteiger partial charge in [-0.3, -0.25) is 4.90 Å². The molecule has 0 amide bonds. The Morgan fingerprint density at radius 2 is 1.75 bits per heavy atom. The Hall–Kier alpha value is -0.0800. The predicted octanol–water partition coefficient (Wildman–Crippen LogP) is 1.04. The topological polar surface area (TPSA) is 15.3 Å². The average Bonchev–Trinajstić information content (AvgIpc) is 2.21. The summed E-state index contributed by atoms with van der Waals surface area (Å²) in [5, 5.41) is 3.40. The van der Waals surface area contributed by atoms with Gasteiger partial charge in [0.2, 0.25) is 0 Å². The van der Waals surface area contributed by atoms with Crippen LogP contribution in [0.4, 0.5) is 0 Å². The van der Waals surface area contributed by atoms with Crippen molar-refractivity contribution < 1.29 is 0 Å². The number of piperazine rings is 1. The van der Waals surface area contributed by atoms with Crippen molar-refractivity contribution in [1.29, 1.82) is 0 Å². The van der Waals surface area contributed by atoms with Gasteiger partial charge < -0.3 is 5.32 Å². The summed E-state index contributed by atoms with van der Waals surface area (Å²) < 4.78 is 0. The van der Waals surface area contributed by atoms with Gasteiger partial charge in [-0.25, -0.2) is 0 Å². The van der Waals surface area contributed by atoms with Gasteiger partial charge in [-0.15, -0.1) is 0 Å². The lowest BCUT2D eigenvalue weighted by Crippen LogP contribution is -2.48. The Labute approximate surface area is 75.3 Å². The quantitative estimate of drug-likeness (QED) is 0.627. The number of hydrogen-bond acceptors (Lipinski definition) is 2. The summed E-state index contributed by atoms with van der Waals surface area (Å²) in [6.07, 6.45) is 7.93. The zero-order valence-corrected chi connectivity index (χ0v) is 7.76. The predicted molar refractivity (Wildman–Crippen MR) is 51.0 cm³/mol. The van der Waals surface area contributed by atoms with E-state index in [9.17, 15) is 0 Å². The Kier molecular flexibility index (Phi) is 3.01. The normalized spacial score (nSPS) is 29.0. The van der Waals surface area contributed by atoms with E-state index in [1.165, 1.54) is 51.9 Å². The van der Waals surface area contributed by atoms with Crippen LogP contribution in [0.5, 0.6) is 0 Å². The lowest BCUT2D eigenvalue weighted by Gasteiger charge is -2.36. The second kappa shape index (κ2) is 4.24. The summed E-state index contributed by atoms with van der Waals surface area (Å²) in [6.45, 7) is 4.93. The van der Waals surface area contributed by atoms with Crippen LogP contribution in [0.2, 0.25) is 0 Å². The zero-order valence-electron chi connectivity index (χ0n) is 7.76. The third-order valence-electron chi connectivity index (χ3n) is 3.08. The molecule has 2 fully saturated rings. The van der Waals surface area contributed by atoms with E-state index in [1.54, 1.807) is 0 Å². The van der Waals surface area contributed by atoms with Crippen molar-refractivity contribution in [2.75, 3.05) is 26.2 Å². The number of nitrogens with zero attached hydrogens (tertiary/aromatic N) is 1. The van der Waals surface area contributed by atoms with E-state index in [2.05, 4.69) is 16.6 Å². The van der Waals surface area contributed by atoms with Gasteiger partial charge >= 0.3 is 0 Å². The molecule has 1 saturated carbocycles. The third-order valence-corrected chi connectivity index (χ3v) is 3.08. The SMILES string of the molecule is [CH]1CCC(N2CCNCC2)CC1. The van der Waals surface area contributed by atoms with E-state index in [4.69, 9.17) is 0 Å². The maximum absolute atomic E-state index is 3.40. The molecule has 12 heavy (non-hydrogen) atoms. The van der Waals surface area contributed by atoms with Gasteiger partial charge in [0.1, 0.15) is 0 Å². The van der Waals surface area contributed by atoms with E-state index in [1.807, 2.05) is 0 Å². The fraction of sp³-hybridized carbons (Fsp3) is 0.900. The monoisotopic (exact) mass is 167 g/mol. The molecule has 0 bridgehead atoms. The van der Waals surface area contributed by atoms with Crippen LogP contribution in [0.25, 0.3) is 0 Å². The molecular formula is C10H19N2. The average molecular weight is 167 g/mol. The molecule has 0 atom stereocenters. The van der Waals surface area contributed by atoms with E-state index >= 15 is 0 Å². The Balaban J connectivity index is 1.80. The van der Waals surface area contributed by atoms with Crippen LogP contribution in [-0.2, 0) is 0 Å². The second-order valence-electron chi connectivity index (χ2n) is 3.88. The van der Waals surface area contributed by atoms with E-state index in [0.29, 0.717) is 0 Å². The number of rotatable bonds is 1. The molecule has 0 aromatic carbocycles. The highest BCUT2D eigenvalue weighted by Gasteiger charge is 2.21. The van der Waals surface area contributed by atoms with Crippen LogP contribution >= 0.6 is 0 Å². The van der Waals surface area contributed by atoms with Crippen LogP contribution in [0.15, 0.2) is 0 Å². The van der Waals surface area contributed by atoms with E-state index in [0.717, 1.165) is 6.04 Å². The first-order chi connectivity index (χ1) is 5.97. The van der Waals surface area contributed by atoms with Crippen molar-refractivity contribution in [1.82, 2.24) is 10.2 Å². The molecule has 1 aliphatic heterocycles. The lowest BCUT2D eigenvalue weighted by molar-refractivity contribution is 0.148. The molecule has 2 nitrogen and oxygen atoms in total. The first-order valence-corrected chi connectivity index (χ1v) is 5.23. The molecule has 1 N–H and O–H groups in total. The fourth-order valence-corrected chi connectivity index (χ4v) is 2.32. The summed E-state index contributed by atoms with van der Waals surface area (Å²) in [7, 11) is 0. The van der Waals surface area contributed by atoms with Crippen molar-refractivity contribution in [2.45, 2.75) is 31.7 Å². The molecule has 69 valence electrons. The Bertz CT molecular complexity index is 108. The van der Waals surface area contributed by atoms with Crippen molar-refractivity contribution in [3.05, 3.63) is 6.42 Å². The van der Waals surface area contributed by atoms with Crippen LogP contribution in [-0.4, -0.2) is 37.1 Å². The molecule has 1 heterocycles. The van der Waals surface area contributed by atoms with Gasteiger partial charge in [0.25, 0.3) is 0 Å². The molecule has 0 aromatic rings. The van der Waals surface area contributed by atoms with Gasteiger partial charge in [0.05, 0.1) is 0 Å². The first-order valence-electron chi connectivity index (χ1n) is 5.23. The summed E-state index contributed by atoms with van der Waals surface area (Å²) in [5.41, 5.74) is 0. The largest absolute Gasteiger partial charge is 0.314 e. The van der Waals surface area contributed by atoms with Gasteiger partial charge in [0.15, 0.2) is 0 Å². The molecule has 1 aliphatic carbocycles. The molecule has 2 aliphatic rings. The number of hydrogen-bond donors (Lipinski definition) is 1. The van der Waals surface area contributed by atoms with Crippen molar-refractivity contribution in [3.8, 4) is 0 Å². The van der Waals surface area contributed by atoms with Crippen LogP contribution in [0.3, 0.4) is 0 Å². The molecular weight excluding hydrogens is 148 g/mol. The summed E-state index contributed by atoms with van der Waals surface area (Å²) in [6, 6.07) is 0.900. The third kappa shape index (κ3) is 1.99. The highest BCUT2D eigenvalue weighted by molar-refractivity contribution is 4.84. The molecule has 0 unspecified atom stereocenters. The van der Waals surface area contributed by atoms with E-state index < -0.39 is 0 Å². The fourth-order valence-electron chi connectivity index (χ4n) is 2.32. The minimum absolute atomic E-state index is 0.900. The first kappa shape index (κ1) is 8.52. The van der Waals surface area contributed by atoms with Gasteiger partial charge in [-0.05, 0) is 32.1 Å². The minimum atomic E-state index is 0.900. The summed E-state index contributed by atoms with van der Waals surface area (Å²) in [5.74, 6) is 0. The lowest BCUT2D eigenvalue weighted by atomic mass is 9.94.